The van der Waals surface area contributed by atoms with Crippen LogP contribution in [0.2, 0.25) is 0 Å². The Balaban J connectivity index is 1.31. The van der Waals surface area contributed by atoms with Gasteiger partial charge >= 0.3 is 0 Å². The van der Waals surface area contributed by atoms with E-state index >= 15 is 0 Å². The van der Waals surface area contributed by atoms with Crippen LogP contribution in [0.1, 0.15) is 37.8 Å². The minimum absolute atomic E-state index is 0.856. The quantitative estimate of drug-likeness (QED) is 0.195. The van der Waals surface area contributed by atoms with Crippen molar-refractivity contribution in [2.24, 2.45) is 0 Å². The minimum Gasteiger partial charge on any atom is -0.309 e. The van der Waals surface area contributed by atoms with Crippen LogP contribution in [0, 0.1) is 0 Å². The molecule has 3 heterocycles. The summed E-state index contributed by atoms with van der Waals surface area (Å²) in [6.45, 7) is 4.50. The SMILES string of the molecule is CCCc1ccc2c(c1)c1cc(CCC)ccc1n2-c1ccc(-c2nnc3c4ccccc4c4ccccc4n23)cc1. The van der Waals surface area contributed by atoms with Crippen molar-refractivity contribution in [3.05, 3.63) is 120 Å². The maximum Gasteiger partial charge on any atom is 0.169 e. The normalized spacial score (nSPS) is 12.0. The predicted octanol–water partition coefficient (Wildman–Crippen LogP) is 9.70. The topological polar surface area (TPSA) is 35.1 Å². The van der Waals surface area contributed by atoms with E-state index in [4.69, 9.17) is 5.10 Å². The molecule has 4 heteroatoms. The highest BCUT2D eigenvalue weighted by Crippen LogP contribution is 2.36. The summed E-state index contributed by atoms with van der Waals surface area (Å²) in [5.74, 6) is 0.856. The molecule has 0 bridgehead atoms. The van der Waals surface area contributed by atoms with Gasteiger partial charge in [-0.15, -0.1) is 10.2 Å². The Labute approximate surface area is 244 Å². The number of aromatic nitrogens is 4. The van der Waals surface area contributed by atoms with Crippen LogP contribution in [0.3, 0.4) is 0 Å². The molecule has 0 atom stereocenters. The summed E-state index contributed by atoms with van der Waals surface area (Å²) in [5.41, 5.74) is 9.49. The first kappa shape index (κ1) is 24.8. The Morgan fingerprint density at radius 2 is 1.12 bits per heavy atom. The van der Waals surface area contributed by atoms with Gasteiger partial charge in [-0.3, -0.25) is 4.40 Å². The van der Waals surface area contributed by atoms with Crippen LogP contribution in [0.15, 0.2) is 109 Å². The smallest absolute Gasteiger partial charge is 0.169 e. The highest BCUT2D eigenvalue weighted by atomic mass is 15.2. The van der Waals surface area contributed by atoms with E-state index in [0.29, 0.717) is 0 Å². The van der Waals surface area contributed by atoms with Crippen LogP contribution in [-0.4, -0.2) is 19.2 Å². The summed E-state index contributed by atoms with van der Waals surface area (Å²) in [6.07, 6.45) is 4.49. The first-order valence-electron chi connectivity index (χ1n) is 15.1. The van der Waals surface area contributed by atoms with Gasteiger partial charge in [-0.05, 0) is 84.0 Å². The van der Waals surface area contributed by atoms with Crippen molar-refractivity contribution >= 4 is 49.1 Å². The van der Waals surface area contributed by atoms with Crippen molar-refractivity contribution in [2.45, 2.75) is 39.5 Å². The minimum atomic E-state index is 0.856. The van der Waals surface area contributed by atoms with E-state index in [1.54, 1.807) is 0 Å². The van der Waals surface area contributed by atoms with Gasteiger partial charge in [-0.25, -0.2) is 0 Å². The summed E-state index contributed by atoms with van der Waals surface area (Å²) >= 11 is 0. The van der Waals surface area contributed by atoms with Crippen LogP contribution in [0.4, 0.5) is 0 Å². The van der Waals surface area contributed by atoms with Gasteiger partial charge in [0.1, 0.15) is 0 Å². The number of hydrogen-bond acceptors (Lipinski definition) is 2. The second-order valence-corrected chi connectivity index (χ2v) is 11.3. The molecule has 0 unspecified atom stereocenters. The zero-order chi connectivity index (χ0) is 28.2. The van der Waals surface area contributed by atoms with Crippen LogP contribution in [-0.2, 0) is 12.8 Å². The van der Waals surface area contributed by atoms with Crippen molar-refractivity contribution in [2.75, 3.05) is 0 Å². The molecule has 0 saturated heterocycles. The van der Waals surface area contributed by atoms with Gasteiger partial charge in [0, 0.05) is 32.8 Å². The molecule has 4 nitrogen and oxygen atoms in total. The Kier molecular flexibility index (Phi) is 5.81. The van der Waals surface area contributed by atoms with Crippen molar-refractivity contribution in [1.29, 1.82) is 0 Å². The number of rotatable bonds is 6. The monoisotopic (exact) mass is 544 g/mol. The molecular weight excluding hydrogens is 512 g/mol. The second-order valence-electron chi connectivity index (χ2n) is 11.3. The molecule has 0 amide bonds. The summed E-state index contributed by atoms with van der Waals surface area (Å²) in [7, 11) is 0. The lowest BCUT2D eigenvalue weighted by Gasteiger charge is -2.11. The number of benzene rings is 5. The molecule has 3 aromatic heterocycles. The predicted molar refractivity (Wildman–Crippen MR) is 176 cm³/mol. The fraction of sp³-hybridized carbons (Fsp3) is 0.158. The van der Waals surface area contributed by atoms with Gasteiger partial charge in [0.25, 0.3) is 0 Å². The first-order chi connectivity index (χ1) is 20.7. The maximum absolute atomic E-state index is 4.72. The fourth-order valence-corrected chi connectivity index (χ4v) is 6.73. The molecule has 0 N–H and O–H groups in total. The summed E-state index contributed by atoms with van der Waals surface area (Å²) < 4.78 is 4.61. The summed E-state index contributed by atoms with van der Waals surface area (Å²) in [6, 6.07) is 39.8. The molecule has 0 aliphatic heterocycles. The van der Waals surface area contributed by atoms with Crippen LogP contribution in [0.25, 0.3) is 66.2 Å². The highest BCUT2D eigenvalue weighted by Gasteiger charge is 2.17. The Hall–Kier alpha value is -4.96. The molecule has 5 aromatic carbocycles. The van der Waals surface area contributed by atoms with E-state index in [1.807, 2.05) is 0 Å². The summed E-state index contributed by atoms with van der Waals surface area (Å²) in [4.78, 5) is 0. The number of fused-ring (bicyclic) bond motifs is 9. The molecular formula is C38H32N4. The van der Waals surface area contributed by atoms with Gasteiger partial charge in [-0.1, -0.05) is 81.3 Å². The molecule has 0 spiro atoms. The molecule has 8 aromatic rings. The lowest BCUT2D eigenvalue weighted by atomic mass is 10.0. The zero-order valence-corrected chi connectivity index (χ0v) is 24.0. The lowest BCUT2D eigenvalue weighted by Crippen LogP contribution is -1.96. The van der Waals surface area contributed by atoms with Gasteiger partial charge < -0.3 is 4.57 Å². The fourth-order valence-electron chi connectivity index (χ4n) is 6.73. The maximum atomic E-state index is 4.72. The van der Waals surface area contributed by atoms with Crippen molar-refractivity contribution in [3.8, 4) is 17.1 Å². The van der Waals surface area contributed by atoms with E-state index in [9.17, 15) is 0 Å². The highest BCUT2D eigenvalue weighted by molar-refractivity contribution is 6.12. The molecule has 42 heavy (non-hydrogen) atoms. The molecule has 204 valence electrons. The zero-order valence-electron chi connectivity index (χ0n) is 24.0. The van der Waals surface area contributed by atoms with E-state index in [0.717, 1.165) is 59.3 Å². The Bertz CT molecular complexity index is 2200. The number of nitrogens with zero attached hydrogens (tertiary/aromatic N) is 4. The molecule has 8 rings (SSSR count). The summed E-state index contributed by atoms with van der Waals surface area (Å²) in [5, 5.41) is 15.6. The van der Waals surface area contributed by atoms with Crippen molar-refractivity contribution in [1.82, 2.24) is 19.2 Å². The Morgan fingerprint density at radius 3 is 1.76 bits per heavy atom. The van der Waals surface area contributed by atoms with Gasteiger partial charge in [0.05, 0.1) is 16.6 Å². The van der Waals surface area contributed by atoms with Gasteiger partial charge in [0.2, 0.25) is 0 Å². The van der Waals surface area contributed by atoms with Crippen molar-refractivity contribution in [3.63, 3.8) is 0 Å². The van der Waals surface area contributed by atoms with Crippen molar-refractivity contribution < 1.29 is 0 Å². The second kappa shape index (κ2) is 9.85. The molecule has 0 radical (unpaired) electrons. The van der Waals surface area contributed by atoms with E-state index in [1.165, 1.54) is 43.7 Å². The average molecular weight is 545 g/mol. The molecule has 0 fully saturated rings. The third-order valence-corrected chi connectivity index (χ3v) is 8.62. The van der Waals surface area contributed by atoms with Gasteiger partial charge in [-0.2, -0.15) is 0 Å². The Morgan fingerprint density at radius 1 is 0.524 bits per heavy atom. The average Bonchev–Trinajstić information content (AvgIpc) is 3.62. The largest absolute Gasteiger partial charge is 0.309 e. The lowest BCUT2D eigenvalue weighted by molar-refractivity contribution is 0.923. The van der Waals surface area contributed by atoms with Gasteiger partial charge in [0.15, 0.2) is 11.5 Å². The van der Waals surface area contributed by atoms with E-state index in [-0.39, 0.29) is 0 Å². The van der Waals surface area contributed by atoms with Crippen LogP contribution in [0.5, 0.6) is 0 Å². The van der Waals surface area contributed by atoms with Crippen LogP contribution >= 0.6 is 0 Å². The standard InChI is InChI=1S/C38H32N4/c1-3-9-25-15-21-35-32(23-25)33-24-26(10-4-2)16-22-36(33)41(35)28-19-17-27(18-20-28)37-39-40-38-31-13-6-5-11-29(31)30-12-7-8-14-34(30)42(37)38/h5-8,11-24H,3-4,9-10H2,1-2H3. The number of pyridine rings is 1. The van der Waals surface area contributed by atoms with E-state index in [2.05, 4.69) is 137 Å². The number of aryl methyl sites for hydroxylation is 2. The molecule has 0 aliphatic carbocycles. The molecule has 0 aliphatic rings. The third kappa shape index (κ3) is 3.75. The third-order valence-electron chi connectivity index (χ3n) is 8.62. The molecule has 0 saturated carbocycles. The van der Waals surface area contributed by atoms with E-state index < -0.39 is 0 Å². The van der Waals surface area contributed by atoms with Crippen LogP contribution < -0.4 is 0 Å². The number of hydrogen-bond donors (Lipinski definition) is 0. The first-order valence-corrected chi connectivity index (χ1v) is 15.1. The number of para-hydroxylation sites is 1.